The molecule has 0 bridgehead atoms. The van der Waals surface area contributed by atoms with E-state index in [0.717, 1.165) is 5.56 Å². The zero-order valence-electron chi connectivity index (χ0n) is 7.87. The van der Waals surface area contributed by atoms with Gasteiger partial charge in [0, 0.05) is 0 Å². The summed E-state index contributed by atoms with van der Waals surface area (Å²) >= 11 is 0. The van der Waals surface area contributed by atoms with Crippen molar-refractivity contribution in [2.45, 2.75) is 6.92 Å². The SMILES string of the molecule is C#CCNC(=O)c1ccc(C)cc1O. The maximum absolute atomic E-state index is 11.4. The zero-order chi connectivity index (χ0) is 10.6. The smallest absolute Gasteiger partial charge is 0.255 e. The maximum Gasteiger partial charge on any atom is 0.255 e. The summed E-state index contributed by atoms with van der Waals surface area (Å²) in [6.07, 6.45) is 4.99. The summed E-state index contributed by atoms with van der Waals surface area (Å²) < 4.78 is 0. The predicted octanol–water partition coefficient (Wildman–Crippen LogP) is 1.06. The van der Waals surface area contributed by atoms with Crippen molar-refractivity contribution in [2.24, 2.45) is 0 Å². The number of carbonyl (C=O) groups is 1. The molecule has 0 unspecified atom stereocenters. The highest BCUT2D eigenvalue weighted by Crippen LogP contribution is 2.17. The summed E-state index contributed by atoms with van der Waals surface area (Å²) in [5, 5.41) is 11.9. The summed E-state index contributed by atoms with van der Waals surface area (Å²) in [6.45, 7) is 2.00. The van der Waals surface area contributed by atoms with Gasteiger partial charge in [-0.15, -0.1) is 6.42 Å². The van der Waals surface area contributed by atoms with Crippen LogP contribution in [0.3, 0.4) is 0 Å². The molecule has 0 radical (unpaired) electrons. The first-order valence-corrected chi connectivity index (χ1v) is 4.16. The highest BCUT2D eigenvalue weighted by atomic mass is 16.3. The highest BCUT2D eigenvalue weighted by molar-refractivity contribution is 5.96. The molecule has 0 aliphatic heterocycles. The van der Waals surface area contributed by atoms with Crippen molar-refractivity contribution in [1.29, 1.82) is 0 Å². The Kier molecular flexibility index (Phi) is 3.14. The lowest BCUT2D eigenvalue weighted by molar-refractivity contribution is 0.0956. The summed E-state index contributed by atoms with van der Waals surface area (Å²) in [7, 11) is 0. The number of rotatable bonds is 2. The van der Waals surface area contributed by atoms with E-state index >= 15 is 0 Å². The number of terminal acetylenes is 1. The third kappa shape index (κ3) is 2.27. The van der Waals surface area contributed by atoms with Crippen molar-refractivity contribution < 1.29 is 9.90 Å². The minimum atomic E-state index is -0.361. The van der Waals surface area contributed by atoms with E-state index in [1.54, 1.807) is 12.1 Å². The van der Waals surface area contributed by atoms with Gasteiger partial charge < -0.3 is 10.4 Å². The van der Waals surface area contributed by atoms with Gasteiger partial charge in [0.1, 0.15) is 5.75 Å². The van der Waals surface area contributed by atoms with Crippen molar-refractivity contribution in [3.05, 3.63) is 29.3 Å². The Hall–Kier alpha value is -1.95. The van der Waals surface area contributed by atoms with Crippen LogP contribution >= 0.6 is 0 Å². The van der Waals surface area contributed by atoms with Gasteiger partial charge in [-0.1, -0.05) is 12.0 Å². The minimum Gasteiger partial charge on any atom is -0.507 e. The second-order valence-electron chi connectivity index (χ2n) is 2.91. The van der Waals surface area contributed by atoms with Crippen LogP contribution in [0.1, 0.15) is 15.9 Å². The summed E-state index contributed by atoms with van der Waals surface area (Å²) in [6, 6.07) is 4.85. The van der Waals surface area contributed by atoms with E-state index in [1.807, 2.05) is 6.92 Å². The molecule has 0 aromatic heterocycles. The first-order valence-electron chi connectivity index (χ1n) is 4.16. The molecular weight excluding hydrogens is 178 g/mol. The van der Waals surface area contributed by atoms with E-state index in [1.165, 1.54) is 6.07 Å². The Morgan fingerprint density at radius 3 is 2.93 bits per heavy atom. The van der Waals surface area contributed by atoms with Gasteiger partial charge in [0.25, 0.3) is 5.91 Å². The number of carbonyl (C=O) groups excluding carboxylic acids is 1. The maximum atomic E-state index is 11.4. The van der Waals surface area contributed by atoms with E-state index < -0.39 is 0 Å². The number of phenols is 1. The molecule has 2 N–H and O–H groups in total. The highest BCUT2D eigenvalue weighted by Gasteiger charge is 2.09. The Bertz CT molecular complexity index is 391. The van der Waals surface area contributed by atoms with Crippen LogP contribution in [0.4, 0.5) is 0 Å². The van der Waals surface area contributed by atoms with Gasteiger partial charge >= 0.3 is 0 Å². The van der Waals surface area contributed by atoms with Crippen LogP contribution in [-0.2, 0) is 0 Å². The summed E-state index contributed by atoms with van der Waals surface area (Å²) in [5.74, 6) is 1.90. The second kappa shape index (κ2) is 4.33. The van der Waals surface area contributed by atoms with Gasteiger partial charge in [0.15, 0.2) is 0 Å². The van der Waals surface area contributed by atoms with Gasteiger partial charge in [-0.2, -0.15) is 0 Å². The third-order valence-electron chi connectivity index (χ3n) is 1.75. The lowest BCUT2D eigenvalue weighted by Gasteiger charge is -2.04. The quantitative estimate of drug-likeness (QED) is 0.683. The first kappa shape index (κ1) is 10.1. The van der Waals surface area contributed by atoms with Crippen LogP contribution in [0, 0.1) is 19.3 Å². The first-order chi connectivity index (χ1) is 6.65. The van der Waals surface area contributed by atoms with E-state index in [4.69, 9.17) is 6.42 Å². The molecule has 3 nitrogen and oxygen atoms in total. The molecule has 1 rings (SSSR count). The van der Waals surface area contributed by atoms with Crippen LogP contribution < -0.4 is 5.32 Å². The van der Waals surface area contributed by atoms with Gasteiger partial charge in [-0.3, -0.25) is 4.79 Å². The van der Waals surface area contributed by atoms with Gasteiger partial charge in [-0.25, -0.2) is 0 Å². The molecule has 14 heavy (non-hydrogen) atoms. The molecule has 0 aliphatic carbocycles. The topological polar surface area (TPSA) is 49.3 Å². The summed E-state index contributed by atoms with van der Waals surface area (Å²) in [4.78, 5) is 11.4. The molecule has 1 aromatic carbocycles. The molecule has 0 saturated carbocycles. The molecule has 72 valence electrons. The van der Waals surface area contributed by atoms with Crippen molar-refractivity contribution in [1.82, 2.24) is 5.32 Å². The Morgan fingerprint density at radius 2 is 2.36 bits per heavy atom. The number of aryl methyl sites for hydroxylation is 1. The van der Waals surface area contributed by atoms with Gasteiger partial charge in [0.2, 0.25) is 0 Å². The number of hydrogen-bond donors (Lipinski definition) is 2. The molecule has 0 fully saturated rings. The fraction of sp³-hybridized carbons (Fsp3) is 0.182. The molecule has 3 heteroatoms. The van der Waals surface area contributed by atoms with E-state index in [2.05, 4.69) is 11.2 Å². The van der Waals surface area contributed by atoms with Gasteiger partial charge in [0.05, 0.1) is 12.1 Å². The lowest BCUT2D eigenvalue weighted by Crippen LogP contribution is -2.23. The standard InChI is InChI=1S/C11H11NO2/c1-3-6-12-11(14)9-5-4-8(2)7-10(9)13/h1,4-5,7,13H,6H2,2H3,(H,12,14). The fourth-order valence-corrected chi connectivity index (χ4v) is 1.06. The van der Waals surface area contributed by atoms with Crippen LogP contribution in [0.25, 0.3) is 0 Å². The van der Waals surface area contributed by atoms with E-state index in [9.17, 15) is 9.90 Å². The minimum absolute atomic E-state index is 0.0282. The normalized spacial score (nSPS) is 9.14. The largest absolute Gasteiger partial charge is 0.507 e. The van der Waals surface area contributed by atoms with Crippen LogP contribution in [0.2, 0.25) is 0 Å². The molecule has 1 aromatic rings. The molecule has 0 aliphatic rings. The number of phenolic OH excluding ortho intramolecular Hbond substituents is 1. The van der Waals surface area contributed by atoms with Crippen molar-refractivity contribution in [3.8, 4) is 18.1 Å². The van der Waals surface area contributed by atoms with E-state index in [-0.39, 0.29) is 23.8 Å². The second-order valence-corrected chi connectivity index (χ2v) is 2.91. The fourth-order valence-electron chi connectivity index (χ4n) is 1.06. The van der Waals surface area contributed by atoms with Crippen molar-refractivity contribution >= 4 is 5.91 Å². The zero-order valence-corrected chi connectivity index (χ0v) is 7.87. The lowest BCUT2D eigenvalue weighted by atomic mass is 10.1. The molecule has 0 spiro atoms. The molecule has 0 heterocycles. The number of nitrogens with one attached hydrogen (secondary N) is 1. The number of hydrogen-bond acceptors (Lipinski definition) is 2. The van der Waals surface area contributed by atoms with Crippen LogP contribution in [0.15, 0.2) is 18.2 Å². The Balaban J connectivity index is 2.86. The average Bonchev–Trinajstić information content (AvgIpc) is 2.14. The van der Waals surface area contributed by atoms with Crippen molar-refractivity contribution in [2.75, 3.05) is 6.54 Å². The molecule has 0 saturated heterocycles. The molecular formula is C11H11NO2. The Labute approximate surface area is 82.8 Å². The van der Waals surface area contributed by atoms with E-state index in [0.29, 0.717) is 0 Å². The third-order valence-corrected chi connectivity index (χ3v) is 1.75. The number of benzene rings is 1. The predicted molar refractivity (Wildman–Crippen MR) is 54.0 cm³/mol. The summed E-state index contributed by atoms with van der Waals surface area (Å²) in [5.41, 5.74) is 1.14. The Morgan fingerprint density at radius 1 is 1.64 bits per heavy atom. The van der Waals surface area contributed by atoms with Crippen molar-refractivity contribution in [3.63, 3.8) is 0 Å². The molecule has 1 amide bonds. The average molecular weight is 189 g/mol. The number of aromatic hydroxyl groups is 1. The monoisotopic (exact) mass is 189 g/mol. The van der Waals surface area contributed by atoms with Gasteiger partial charge in [-0.05, 0) is 24.6 Å². The molecule has 0 atom stereocenters. The van der Waals surface area contributed by atoms with Crippen LogP contribution in [0.5, 0.6) is 5.75 Å². The van der Waals surface area contributed by atoms with Crippen LogP contribution in [-0.4, -0.2) is 17.6 Å². The number of amides is 1.